The zero-order chi connectivity index (χ0) is 12.1. The molecule has 0 heterocycles. The first-order valence-electron chi connectivity index (χ1n) is 5.04. The molecule has 0 bridgehead atoms. The van der Waals surface area contributed by atoms with Crippen LogP contribution in [0.15, 0.2) is 18.2 Å². The Balaban J connectivity index is 2.79. The Hall–Kier alpha value is -1.62. The maximum absolute atomic E-state index is 13.4. The van der Waals surface area contributed by atoms with Crippen molar-refractivity contribution in [2.75, 3.05) is 32.5 Å². The highest BCUT2D eigenvalue weighted by Crippen LogP contribution is 2.17. The maximum atomic E-state index is 13.4. The van der Waals surface area contributed by atoms with Gasteiger partial charge in [0.2, 0.25) is 0 Å². The minimum absolute atomic E-state index is 0.140. The number of nitrogens with one attached hydrogen (secondary N) is 2. The lowest BCUT2D eigenvalue weighted by atomic mass is 10.1. The van der Waals surface area contributed by atoms with E-state index in [0.717, 1.165) is 6.54 Å². The molecule has 4 nitrogen and oxygen atoms in total. The van der Waals surface area contributed by atoms with Crippen molar-refractivity contribution in [2.24, 2.45) is 5.73 Å². The molecule has 0 saturated carbocycles. The van der Waals surface area contributed by atoms with Crippen molar-refractivity contribution in [1.29, 1.82) is 5.41 Å². The number of rotatable bonds is 5. The second kappa shape index (κ2) is 5.46. The molecule has 0 saturated heterocycles. The molecule has 0 atom stereocenters. The average molecular weight is 224 g/mol. The van der Waals surface area contributed by atoms with Crippen LogP contribution in [0.3, 0.4) is 0 Å². The van der Waals surface area contributed by atoms with Crippen molar-refractivity contribution >= 4 is 11.5 Å². The van der Waals surface area contributed by atoms with Crippen LogP contribution in [-0.2, 0) is 0 Å². The number of halogens is 1. The van der Waals surface area contributed by atoms with E-state index >= 15 is 0 Å². The maximum Gasteiger partial charge on any atom is 0.136 e. The van der Waals surface area contributed by atoms with Gasteiger partial charge in [-0.25, -0.2) is 4.39 Å². The number of hydrogen-bond acceptors (Lipinski definition) is 3. The van der Waals surface area contributed by atoms with Gasteiger partial charge in [-0.1, -0.05) is 6.07 Å². The summed E-state index contributed by atoms with van der Waals surface area (Å²) in [5, 5.41) is 10.4. The van der Waals surface area contributed by atoms with E-state index in [2.05, 4.69) is 5.32 Å². The monoisotopic (exact) mass is 224 g/mol. The smallest absolute Gasteiger partial charge is 0.136 e. The van der Waals surface area contributed by atoms with Crippen LogP contribution in [0.2, 0.25) is 0 Å². The molecule has 0 amide bonds. The Morgan fingerprint density at radius 2 is 2.19 bits per heavy atom. The normalized spacial score (nSPS) is 10.5. The molecule has 0 fully saturated rings. The van der Waals surface area contributed by atoms with Crippen LogP contribution in [-0.4, -0.2) is 37.9 Å². The summed E-state index contributed by atoms with van der Waals surface area (Å²) in [4.78, 5) is 2.01. The molecule has 5 heteroatoms. The lowest BCUT2D eigenvalue weighted by Gasteiger charge is -2.14. The number of nitrogens with two attached hydrogens (primary N) is 1. The minimum atomic E-state index is -0.470. The van der Waals surface area contributed by atoms with E-state index in [4.69, 9.17) is 11.1 Å². The lowest BCUT2D eigenvalue weighted by molar-refractivity contribution is 0.425. The van der Waals surface area contributed by atoms with Crippen molar-refractivity contribution in [1.82, 2.24) is 4.90 Å². The summed E-state index contributed by atoms with van der Waals surface area (Å²) in [5.74, 6) is -0.729. The van der Waals surface area contributed by atoms with Crippen LogP contribution in [0.1, 0.15) is 5.56 Å². The fourth-order valence-electron chi connectivity index (χ4n) is 1.36. The molecule has 0 aliphatic carbocycles. The summed E-state index contributed by atoms with van der Waals surface area (Å²) in [5.41, 5.74) is 6.04. The van der Waals surface area contributed by atoms with E-state index in [1.165, 1.54) is 6.07 Å². The molecule has 1 rings (SSSR count). The molecule has 0 aromatic heterocycles. The molecule has 0 spiro atoms. The summed E-state index contributed by atoms with van der Waals surface area (Å²) in [7, 11) is 3.91. The second-order valence-corrected chi connectivity index (χ2v) is 3.81. The highest BCUT2D eigenvalue weighted by atomic mass is 19.1. The van der Waals surface area contributed by atoms with Gasteiger partial charge in [0, 0.05) is 18.8 Å². The van der Waals surface area contributed by atoms with Gasteiger partial charge >= 0.3 is 0 Å². The van der Waals surface area contributed by atoms with E-state index in [9.17, 15) is 4.39 Å². The van der Waals surface area contributed by atoms with Crippen molar-refractivity contribution in [3.63, 3.8) is 0 Å². The van der Waals surface area contributed by atoms with Crippen LogP contribution in [0.4, 0.5) is 10.1 Å². The molecule has 0 aliphatic rings. The Bertz CT molecular complexity index is 376. The van der Waals surface area contributed by atoms with Gasteiger partial charge in [-0.15, -0.1) is 0 Å². The van der Waals surface area contributed by atoms with Crippen molar-refractivity contribution in [2.45, 2.75) is 0 Å². The zero-order valence-electron chi connectivity index (χ0n) is 9.55. The Labute approximate surface area is 94.8 Å². The number of nitrogen functional groups attached to an aromatic ring is 1. The van der Waals surface area contributed by atoms with E-state index in [1.807, 2.05) is 19.0 Å². The van der Waals surface area contributed by atoms with Gasteiger partial charge in [0.05, 0.1) is 5.56 Å². The van der Waals surface area contributed by atoms with Crippen LogP contribution in [0, 0.1) is 11.2 Å². The molecule has 4 N–H and O–H groups in total. The molecule has 0 radical (unpaired) electrons. The molecule has 0 aliphatic heterocycles. The first-order chi connectivity index (χ1) is 7.52. The third-order valence-corrected chi connectivity index (χ3v) is 2.16. The molecular formula is C11H17FN4. The largest absolute Gasteiger partial charge is 0.384 e. The predicted molar refractivity (Wildman–Crippen MR) is 64.5 cm³/mol. The molecule has 1 aromatic rings. The molecule has 16 heavy (non-hydrogen) atoms. The van der Waals surface area contributed by atoms with E-state index in [1.54, 1.807) is 12.1 Å². The van der Waals surface area contributed by atoms with E-state index < -0.39 is 5.82 Å². The van der Waals surface area contributed by atoms with Crippen LogP contribution >= 0.6 is 0 Å². The first-order valence-corrected chi connectivity index (χ1v) is 5.04. The second-order valence-electron chi connectivity index (χ2n) is 3.81. The fourth-order valence-corrected chi connectivity index (χ4v) is 1.36. The van der Waals surface area contributed by atoms with Gasteiger partial charge in [-0.05, 0) is 26.2 Å². The predicted octanol–water partition coefficient (Wildman–Crippen LogP) is 1.08. The third-order valence-electron chi connectivity index (χ3n) is 2.16. The van der Waals surface area contributed by atoms with Gasteiger partial charge in [0.15, 0.2) is 0 Å². The Morgan fingerprint density at radius 3 is 2.75 bits per heavy atom. The average Bonchev–Trinajstić information content (AvgIpc) is 2.16. The van der Waals surface area contributed by atoms with E-state index in [-0.39, 0.29) is 11.4 Å². The summed E-state index contributed by atoms with van der Waals surface area (Å²) < 4.78 is 13.4. The van der Waals surface area contributed by atoms with Gasteiger partial charge in [-0.3, -0.25) is 5.41 Å². The summed E-state index contributed by atoms with van der Waals surface area (Å²) in [6.45, 7) is 1.50. The molecule has 1 aromatic carbocycles. The zero-order valence-corrected chi connectivity index (χ0v) is 9.55. The molecular weight excluding hydrogens is 207 g/mol. The number of hydrogen-bond donors (Lipinski definition) is 3. The molecule has 0 unspecified atom stereocenters. The minimum Gasteiger partial charge on any atom is -0.384 e. The van der Waals surface area contributed by atoms with Crippen LogP contribution < -0.4 is 11.1 Å². The van der Waals surface area contributed by atoms with Crippen LogP contribution in [0.5, 0.6) is 0 Å². The number of benzene rings is 1. The highest BCUT2D eigenvalue weighted by molar-refractivity contribution is 6.00. The topological polar surface area (TPSA) is 65.1 Å². The number of amidine groups is 1. The summed E-state index contributed by atoms with van der Waals surface area (Å²) in [6.07, 6.45) is 0. The summed E-state index contributed by atoms with van der Waals surface area (Å²) in [6, 6.07) is 4.61. The fraction of sp³-hybridized carbons (Fsp3) is 0.364. The van der Waals surface area contributed by atoms with E-state index in [0.29, 0.717) is 12.2 Å². The van der Waals surface area contributed by atoms with Gasteiger partial charge in [-0.2, -0.15) is 0 Å². The number of nitrogens with zero attached hydrogens (tertiary/aromatic N) is 1. The van der Waals surface area contributed by atoms with Gasteiger partial charge in [0.1, 0.15) is 11.7 Å². The molecule has 88 valence electrons. The Kier molecular flexibility index (Phi) is 4.25. The van der Waals surface area contributed by atoms with Gasteiger partial charge in [0.25, 0.3) is 0 Å². The number of likely N-dealkylation sites (N-methyl/N-ethyl adjacent to an activating group) is 1. The Morgan fingerprint density at radius 1 is 1.50 bits per heavy atom. The SMILES string of the molecule is CN(C)CCNc1cccc(F)c1C(=N)N. The summed E-state index contributed by atoms with van der Waals surface area (Å²) >= 11 is 0. The highest BCUT2D eigenvalue weighted by Gasteiger charge is 2.10. The third kappa shape index (κ3) is 3.20. The standard InChI is InChI=1S/C11H17FN4/c1-16(2)7-6-15-9-5-3-4-8(12)10(9)11(13)14/h3-5,15H,6-7H2,1-2H3,(H3,13,14). The lowest BCUT2D eigenvalue weighted by Crippen LogP contribution is -2.23. The van der Waals surface area contributed by atoms with Crippen molar-refractivity contribution in [3.8, 4) is 0 Å². The van der Waals surface area contributed by atoms with Crippen molar-refractivity contribution in [3.05, 3.63) is 29.6 Å². The van der Waals surface area contributed by atoms with Crippen molar-refractivity contribution < 1.29 is 4.39 Å². The first kappa shape index (κ1) is 12.4. The van der Waals surface area contributed by atoms with Gasteiger partial charge < -0.3 is 16.0 Å². The quantitative estimate of drug-likeness (QED) is 0.518. The van der Waals surface area contributed by atoms with Crippen LogP contribution in [0.25, 0.3) is 0 Å². The number of anilines is 1.